The number of carboxylic acid groups (broad SMARTS) is 1. The van der Waals surface area contributed by atoms with E-state index >= 15 is 0 Å². The van der Waals surface area contributed by atoms with E-state index in [1.165, 1.54) is 12.1 Å². The van der Waals surface area contributed by atoms with Crippen LogP contribution in [0.15, 0.2) is 36.7 Å². The molecule has 0 saturated carbocycles. The predicted molar refractivity (Wildman–Crippen MR) is 71.9 cm³/mol. The van der Waals surface area contributed by atoms with Crippen molar-refractivity contribution in [3.63, 3.8) is 0 Å². The van der Waals surface area contributed by atoms with Crippen LogP contribution in [-0.4, -0.2) is 48.9 Å². The second-order valence-electron chi connectivity index (χ2n) is 3.96. The number of carbonyl (C=O) groups is 1. The third-order valence-electron chi connectivity index (χ3n) is 2.37. The standard InChI is InChI=1S/C14H17FO6/c1-10(15)14(18)21-9-7-19-6-8-20-12-4-2-11(3-5-12)13(16)17/h2-5,14,18H,1,6-9H2,(H,16,17). The van der Waals surface area contributed by atoms with E-state index in [9.17, 15) is 9.18 Å². The van der Waals surface area contributed by atoms with Crippen LogP contribution in [0, 0.1) is 0 Å². The van der Waals surface area contributed by atoms with E-state index in [4.69, 9.17) is 19.7 Å². The highest BCUT2D eigenvalue weighted by Gasteiger charge is 2.07. The highest BCUT2D eigenvalue weighted by Crippen LogP contribution is 2.11. The lowest BCUT2D eigenvalue weighted by atomic mass is 10.2. The van der Waals surface area contributed by atoms with E-state index in [0.29, 0.717) is 5.75 Å². The fraction of sp³-hybridized carbons (Fsp3) is 0.357. The molecule has 1 unspecified atom stereocenters. The first-order chi connectivity index (χ1) is 10.0. The Morgan fingerprint density at radius 3 is 2.38 bits per heavy atom. The number of ether oxygens (including phenoxy) is 3. The molecular formula is C14H17FO6. The van der Waals surface area contributed by atoms with E-state index in [-0.39, 0.29) is 32.0 Å². The number of halogens is 1. The van der Waals surface area contributed by atoms with Gasteiger partial charge in [-0.15, -0.1) is 0 Å². The molecule has 7 heteroatoms. The molecule has 0 aromatic heterocycles. The summed E-state index contributed by atoms with van der Waals surface area (Å²) in [5, 5.41) is 17.6. The van der Waals surface area contributed by atoms with Crippen molar-refractivity contribution in [2.75, 3.05) is 26.4 Å². The molecule has 6 nitrogen and oxygen atoms in total. The van der Waals surface area contributed by atoms with E-state index < -0.39 is 18.1 Å². The summed E-state index contributed by atoms with van der Waals surface area (Å²) in [6.45, 7) is 3.64. The average Bonchev–Trinajstić information content (AvgIpc) is 2.46. The average molecular weight is 300 g/mol. The van der Waals surface area contributed by atoms with Gasteiger partial charge >= 0.3 is 5.97 Å². The van der Waals surface area contributed by atoms with Crippen molar-refractivity contribution < 1.29 is 33.6 Å². The molecule has 2 N–H and O–H groups in total. The van der Waals surface area contributed by atoms with Gasteiger partial charge in [-0.2, -0.15) is 0 Å². The molecule has 1 atom stereocenters. The van der Waals surface area contributed by atoms with Gasteiger partial charge in [0.1, 0.15) is 18.2 Å². The van der Waals surface area contributed by atoms with Crippen LogP contribution < -0.4 is 4.74 Å². The minimum atomic E-state index is -1.63. The van der Waals surface area contributed by atoms with Crippen LogP contribution in [0.4, 0.5) is 4.39 Å². The number of hydrogen-bond acceptors (Lipinski definition) is 5. The summed E-state index contributed by atoms with van der Waals surface area (Å²) >= 11 is 0. The van der Waals surface area contributed by atoms with Gasteiger partial charge in [0, 0.05) is 0 Å². The van der Waals surface area contributed by atoms with Crippen molar-refractivity contribution in [1.82, 2.24) is 0 Å². The van der Waals surface area contributed by atoms with Crippen LogP contribution in [0.3, 0.4) is 0 Å². The zero-order valence-electron chi connectivity index (χ0n) is 11.3. The van der Waals surface area contributed by atoms with Gasteiger partial charge in [-0.05, 0) is 24.3 Å². The second kappa shape index (κ2) is 9.06. The molecule has 1 rings (SSSR count). The van der Waals surface area contributed by atoms with Crippen LogP contribution in [0.5, 0.6) is 5.75 Å². The topological polar surface area (TPSA) is 85.2 Å². The molecule has 0 amide bonds. The minimum absolute atomic E-state index is 0.0252. The number of carboxylic acids is 1. The van der Waals surface area contributed by atoms with E-state index in [2.05, 4.69) is 11.3 Å². The molecule has 0 aliphatic heterocycles. The summed E-state index contributed by atoms with van der Waals surface area (Å²) in [6.07, 6.45) is -1.63. The summed E-state index contributed by atoms with van der Waals surface area (Å²) in [4.78, 5) is 10.6. The molecule has 0 spiro atoms. The largest absolute Gasteiger partial charge is 0.491 e. The minimum Gasteiger partial charge on any atom is -0.491 e. The molecular weight excluding hydrogens is 283 g/mol. The fourth-order valence-corrected chi connectivity index (χ4v) is 1.32. The van der Waals surface area contributed by atoms with Gasteiger partial charge in [-0.3, -0.25) is 0 Å². The molecule has 0 saturated heterocycles. The van der Waals surface area contributed by atoms with Gasteiger partial charge in [-0.25, -0.2) is 9.18 Å². The van der Waals surface area contributed by atoms with E-state index in [1.807, 2.05) is 0 Å². The Hall–Kier alpha value is -1.96. The number of hydrogen-bond donors (Lipinski definition) is 2. The molecule has 1 aromatic carbocycles. The lowest BCUT2D eigenvalue weighted by molar-refractivity contribution is -0.0990. The summed E-state index contributed by atoms with van der Waals surface area (Å²) in [6, 6.07) is 5.99. The smallest absolute Gasteiger partial charge is 0.335 e. The van der Waals surface area contributed by atoms with Gasteiger partial charge < -0.3 is 24.4 Å². The maximum absolute atomic E-state index is 12.3. The lowest BCUT2D eigenvalue weighted by Crippen LogP contribution is -2.17. The van der Waals surface area contributed by atoms with Gasteiger partial charge in [-0.1, -0.05) is 6.58 Å². The van der Waals surface area contributed by atoms with Crippen LogP contribution >= 0.6 is 0 Å². The molecule has 1 aromatic rings. The molecule has 0 heterocycles. The summed E-state index contributed by atoms with van der Waals surface area (Å²) in [7, 11) is 0. The molecule has 0 aliphatic carbocycles. The van der Waals surface area contributed by atoms with Crippen LogP contribution in [0.25, 0.3) is 0 Å². The van der Waals surface area contributed by atoms with Crippen molar-refractivity contribution in [1.29, 1.82) is 0 Å². The zero-order chi connectivity index (χ0) is 15.7. The number of aliphatic hydroxyl groups is 1. The third kappa shape index (κ3) is 6.84. The lowest BCUT2D eigenvalue weighted by Gasteiger charge is -2.10. The Bertz CT molecular complexity index is 459. The Morgan fingerprint density at radius 2 is 1.81 bits per heavy atom. The number of aliphatic hydroxyl groups excluding tert-OH is 1. The molecule has 0 radical (unpaired) electrons. The van der Waals surface area contributed by atoms with Gasteiger partial charge in [0.05, 0.1) is 25.4 Å². The molecule has 116 valence electrons. The van der Waals surface area contributed by atoms with E-state index in [1.54, 1.807) is 12.1 Å². The molecule has 0 fully saturated rings. The van der Waals surface area contributed by atoms with Gasteiger partial charge in [0.25, 0.3) is 0 Å². The van der Waals surface area contributed by atoms with Crippen LogP contribution in [-0.2, 0) is 9.47 Å². The second-order valence-corrected chi connectivity index (χ2v) is 3.96. The first kappa shape index (κ1) is 17.1. The Morgan fingerprint density at radius 1 is 1.19 bits per heavy atom. The first-order valence-corrected chi connectivity index (χ1v) is 6.18. The quantitative estimate of drug-likeness (QED) is 0.504. The van der Waals surface area contributed by atoms with Crippen molar-refractivity contribution >= 4 is 5.97 Å². The Labute approximate surface area is 121 Å². The number of rotatable bonds is 10. The summed E-state index contributed by atoms with van der Waals surface area (Å²) < 4.78 is 27.5. The van der Waals surface area contributed by atoms with Gasteiger partial charge in [0.15, 0.2) is 0 Å². The van der Waals surface area contributed by atoms with Crippen LogP contribution in [0.2, 0.25) is 0 Å². The van der Waals surface area contributed by atoms with Crippen LogP contribution in [0.1, 0.15) is 10.4 Å². The van der Waals surface area contributed by atoms with Crippen molar-refractivity contribution in [2.45, 2.75) is 6.29 Å². The Kier molecular flexibility index (Phi) is 7.38. The zero-order valence-corrected chi connectivity index (χ0v) is 11.3. The predicted octanol–water partition coefficient (Wildman–Crippen LogP) is 1.60. The number of aromatic carboxylic acids is 1. The monoisotopic (exact) mass is 300 g/mol. The molecule has 0 bridgehead atoms. The molecule has 21 heavy (non-hydrogen) atoms. The summed E-state index contributed by atoms with van der Waals surface area (Å²) in [5.74, 6) is -1.42. The van der Waals surface area contributed by atoms with Crippen molar-refractivity contribution in [2.24, 2.45) is 0 Å². The van der Waals surface area contributed by atoms with Gasteiger partial charge in [0.2, 0.25) is 6.29 Å². The van der Waals surface area contributed by atoms with Crippen molar-refractivity contribution in [3.8, 4) is 5.75 Å². The maximum atomic E-state index is 12.3. The maximum Gasteiger partial charge on any atom is 0.335 e. The highest BCUT2D eigenvalue weighted by atomic mass is 19.1. The Balaban J connectivity index is 2.09. The summed E-state index contributed by atoms with van der Waals surface area (Å²) in [5.41, 5.74) is 0.184. The SMILES string of the molecule is C=C(F)C(O)OCCOCCOc1ccc(C(=O)O)cc1. The fourth-order valence-electron chi connectivity index (χ4n) is 1.32. The first-order valence-electron chi connectivity index (χ1n) is 6.18. The highest BCUT2D eigenvalue weighted by molar-refractivity contribution is 5.87. The molecule has 0 aliphatic rings. The normalized spacial score (nSPS) is 11.9. The third-order valence-corrected chi connectivity index (χ3v) is 2.37. The van der Waals surface area contributed by atoms with E-state index in [0.717, 1.165) is 0 Å². The number of benzene rings is 1. The van der Waals surface area contributed by atoms with Crippen molar-refractivity contribution in [3.05, 3.63) is 42.2 Å².